The van der Waals surface area contributed by atoms with Crippen molar-refractivity contribution >= 4 is 0 Å². The highest BCUT2D eigenvalue weighted by atomic mass is 16.5. The van der Waals surface area contributed by atoms with Crippen LogP contribution in [0.3, 0.4) is 0 Å². The van der Waals surface area contributed by atoms with E-state index in [0.29, 0.717) is 6.04 Å². The van der Waals surface area contributed by atoms with E-state index in [1.165, 1.54) is 12.8 Å². The molecule has 2 fully saturated rings. The first kappa shape index (κ1) is 8.52. The summed E-state index contributed by atoms with van der Waals surface area (Å²) in [5, 5.41) is 3.67. The molecule has 2 rings (SSSR count). The van der Waals surface area contributed by atoms with Crippen LogP contribution in [0.25, 0.3) is 0 Å². The van der Waals surface area contributed by atoms with Gasteiger partial charge in [0.1, 0.15) is 0 Å². The third-order valence-corrected chi connectivity index (χ3v) is 3.26. The Kier molecular flexibility index (Phi) is 2.37. The van der Waals surface area contributed by atoms with Gasteiger partial charge in [0.2, 0.25) is 0 Å². The van der Waals surface area contributed by atoms with Crippen molar-refractivity contribution in [2.75, 3.05) is 13.2 Å². The van der Waals surface area contributed by atoms with E-state index in [0.717, 1.165) is 31.1 Å². The summed E-state index contributed by atoms with van der Waals surface area (Å²) in [6, 6.07) is 1.46. The Morgan fingerprint density at radius 3 is 2.75 bits per heavy atom. The summed E-state index contributed by atoms with van der Waals surface area (Å²) in [6.07, 6.45) is 2.62. The maximum absolute atomic E-state index is 5.37. The summed E-state index contributed by atoms with van der Waals surface area (Å²) < 4.78 is 5.37. The smallest absolute Gasteiger partial charge is 0.0509 e. The second-order valence-corrected chi connectivity index (χ2v) is 4.40. The SMILES string of the molecule is CC1CC1NC(C)C1CCOC1. The number of nitrogens with one attached hydrogen (secondary N) is 1. The van der Waals surface area contributed by atoms with Crippen molar-refractivity contribution in [2.45, 2.75) is 38.8 Å². The number of hydrogen-bond donors (Lipinski definition) is 1. The first-order chi connectivity index (χ1) is 5.77. The molecule has 1 saturated heterocycles. The Morgan fingerprint density at radius 1 is 1.50 bits per heavy atom. The Hall–Kier alpha value is -0.0800. The van der Waals surface area contributed by atoms with Crippen LogP contribution in [-0.2, 0) is 4.74 Å². The maximum Gasteiger partial charge on any atom is 0.0509 e. The molecule has 1 aliphatic carbocycles. The molecule has 1 heterocycles. The van der Waals surface area contributed by atoms with Gasteiger partial charge in [0.05, 0.1) is 6.61 Å². The molecule has 0 radical (unpaired) electrons. The highest BCUT2D eigenvalue weighted by Gasteiger charge is 2.35. The summed E-state index contributed by atoms with van der Waals surface area (Å²) in [6.45, 7) is 6.55. The van der Waals surface area contributed by atoms with Crippen molar-refractivity contribution < 1.29 is 4.74 Å². The predicted octanol–water partition coefficient (Wildman–Crippen LogP) is 1.41. The van der Waals surface area contributed by atoms with Crippen LogP contribution < -0.4 is 5.32 Å². The number of ether oxygens (including phenoxy) is 1. The minimum Gasteiger partial charge on any atom is -0.381 e. The zero-order valence-corrected chi connectivity index (χ0v) is 8.05. The van der Waals surface area contributed by atoms with Crippen molar-refractivity contribution in [1.82, 2.24) is 5.32 Å². The number of rotatable bonds is 3. The summed E-state index contributed by atoms with van der Waals surface area (Å²) in [5.74, 6) is 1.67. The van der Waals surface area contributed by atoms with Gasteiger partial charge in [-0.3, -0.25) is 0 Å². The van der Waals surface area contributed by atoms with Crippen LogP contribution in [0.1, 0.15) is 26.7 Å². The lowest BCUT2D eigenvalue weighted by molar-refractivity contribution is 0.178. The molecule has 2 heteroatoms. The molecule has 0 bridgehead atoms. The molecule has 1 N–H and O–H groups in total. The van der Waals surface area contributed by atoms with Crippen LogP contribution in [0.15, 0.2) is 0 Å². The van der Waals surface area contributed by atoms with Gasteiger partial charge in [-0.2, -0.15) is 0 Å². The standard InChI is InChI=1S/C10H19NO/c1-7-5-10(7)11-8(2)9-3-4-12-6-9/h7-11H,3-6H2,1-2H3. The highest BCUT2D eigenvalue weighted by Crippen LogP contribution is 2.30. The first-order valence-corrected chi connectivity index (χ1v) is 5.11. The topological polar surface area (TPSA) is 21.3 Å². The van der Waals surface area contributed by atoms with E-state index in [1.54, 1.807) is 0 Å². The van der Waals surface area contributed by atoms with Gasteiger partial charge in [0.25, 0.3) is 0 Å². The van der Waals surface area contributed by atoms with Crippen LogP contribution in [0.2, 0.25) is 0 Å². The molecule has 4 unspecified atom stereocenters. The molecular weight excluding hydrogens is 150 g/mol. The molecule has 0 amide bonds. The quantitative estimate of drug-likeness (QED) is 0.689. The molecule has 4 atom stereocenters. The fourth-order valence-corrected chi connectivity index (χ4v) is 1.98. The molecule has 12 heavy (non-hydrogen) atoms. The fraction of sp³-hybridized carbons (Fsp3) is 1.00. The summed E-state index contributed by atoms with van der Waals surface area (Å²) in [5.41, 5.74) is 0. The summed E-state index contributed by atoms with van der Waals surface area (Å²) in [4.78, 5) is 0. The summed E-state index contributed by atoms with van der Waals surface area (Å²) in [7, 11) is 0. The zero-order valence-electron chi connectivity index (χ0n) is 8.05. The van der Waals surface area contributed by atoms with Crippen molar-refractivity contribution in [3.05, 3.63) is 0 Å². The van der Waals surface area contributed by atoms with E-state index in [1.807, 2.05) is 0 Å². The van der Waals surface area contributed by atoms with Gasteiger partial charge >= 0.3 is 0 Å². The van der Waals surface area contributed by atoms with Gasteiger partial charge < -0.3 is 10.1 Å². The second-order valence-electron chi connectivity index (χ2n) is 4.40. The van der Waals surface area contributed by atoms with Crippen LogP contribution in [0, 0.1) is 11.8 Å². The molecule has 70 valence electrons. The molecular formula is C10H19NO. The maximum atomic E-state index is 5.37. The van der Waals surface area contributed by atoms with Crippen molar-refractivity contribution in [1.29, 1.82) is 0 Å². The van der Waals surface area contributed by atoms with E-state index < -0.39 is 0 Å². The van der Waals surface area contributed by atoms with Gasteiger partial charge in [-0.25, -0.2) is 0 Å². The average molecular weight is 169 g/mol. The monoisotopic (exact) mass is 169 g/mol. The van der Waals surface area contributed by atoms with E-state index in [9.17, 15) is 0 Å². The van der Waals surface area contributed by atoms with Gasteiger partial charge in [0, 0.05) is 18.7 Å². The second kappa shape index (κ2) is 3.35. The minimum absolute atomic E-state index is 0.655. The fourth-order valence-electron chi connectivity index (χ4n) is 1.98. The van der Waals surface area contributed by atoms with Crippen molar-refractivity contribution in [3.63, 3.8) is 0 Å². The normalized spacial score (nSPS) is 43.0. The zero-order chi connectivity index (χ0) is 8.55. The van der Waals surface area contributed by atoms with E-state index in [4.69, 9.17) is 4.74 Å². The Bertz CT molecular complexity index is 154. The lowest BCUT2D eigenvalue weighted by atomic mass is 10.0. The third-order valence-electron chi connectivity index (χ3n) is 3.26. The Labute approximate surface area is 74.7 Å². The summed E-state index contributed by atoms with van der Waals surface area (Å²) >= 11 is 0. The predicted molar refractivity (Wildman–Crippen MR) is 49.1 cm³/mol. The largest absolute Gasteiger partial charge is 0.381 e. The van der Waals surface area contributed by atoms with Gasteiger partial charge in [-0.1, -0.05) is 6.92 Å². The van der Waals surface area contributed by atoms with E-state index >= 15 is 0 Å². The molecule has 1 aliphatic heterocycles. The molecule has 0 aromatic carbocycles. The van der Waals surface area contributed by atoms with E-state index in [2.05, 4.69) is 19.2 Å². The van der Waals surface area contributed by atoms with Crippen LogP contribution in [0.4, 0.5) is 0 Å². The lowest BCUT2D eigenvalue weighted by Gasteiger charge is -2.19. The van der Waals surface area contributed by atoms with E-state index in [-0.39, 0.29) is 0 Å². The van der Waals surface area contributed by atoms with Crippen molar-refractivity contribution in [2.24, 2.45) is 11.8 Å². The molecule has 1 saturated carbocycles. The van der Waals surface area contributed by atoms with Crippen LogP contribution in [-0.4, -0.2) is 25.3 Å². The van der Waals surface area contributed by atoms with Crippen LogP contribution in [0.5, 0.6) is 0 Å². The first-order valence-electron chi connectivity index (χ1n) is 5.11. The molecule has 0 aromatic rings. The third kappa shape index (κ3) is 1.80. The van der Waals surface area contributed by atoms with Crippen molar-refractivity contribution in [3.8, 4) is 0 Å². The molecule has 2 aliphatic rings. The molecule has 0 aromatic heterocycles. The Morgan fingerprint density at radius 2 is 2.25 bits per heavy atom. The van der Waals surface area contributed by atoms with Gasteiger partial charge in [-0.15, -0.1) is 0 Å². The Balaban J connectivity index is 1.72. The van der Waals surface area contributed by atoms with Crippen LogP contribution >= 0.6 is 0 Å². The highest BCUT2D eigenvalue weighted by molar-refractivity contribution is 4.92. The molecule has 0 spiro atoms. The van der Waals surface area contributed by atoms with Gasteiger partial charge in [0.15, 0.2) is 0 Å². The molecule has 2 nitrogen and oxygen atoms in total. The van der Waals surface area contributed by atoms with Gasteiger partial charge in [-0.05, 0) is 31.6 Å². The number of hydrogen-bond acceptors (Lipinski definition) is 2. The average Bonchev–Trinajstić information content (AvgIpc) is 2.58. The lowest BCUT2D eigenvalue weighted by Crippen LogP contribution is -2.35. The minimum atomic E-state index is 0.655.